The van der Waals surface area contributed by atoms with Crippen molar-refractivity contribution in [3.05, 3.63) is 34.3 Å². The molecule has 0 saturated heterocycles. The predicted octanol–water partition coefficient (Wildman–Crippen LogP) is 3.96. The average Bonchev–Trinajstić information content (AvgIpc) is 2.14. The molecule has 0 saturated carbocycles. The largest absolute Gasteiger partial charge is 0.373 e. The van der Waals surface area contributed by atoms with Crippen LogP contribution in [-0.2, 0) is 4.74 Å². The van der Waals surface area contributed by atoms with E-state index in [1.165, 1.54) is 5.56 Å². The van der Waals surface area contributed by atoms with Crippen LogP contribution in [0.4, 0.5) is 0 Å². The second-order valence-corrected chi connectivity index (χ2v) is 4.45. The fourth-order valence-corrected chi connectivity index (χ4v) is 2.32. The van der Waals surface area contributed by atoms with E-state index in [-0.39, 0.29) is 6.10 Å². The van der Waals surface area contributed by atoms with Crippen molar-refractivity contribution in [2.45, 2.75) is 13.0 Å². The molecule has 1 rings (SSSR count). The molecule has 1 aromatic carbocycles. The number of alkyl halides is 1. The maximum absolute atomic E-state index is 5.60. The molecular formula is C10H12BrIO. The third-order valence-corrected chi connectivity index (χ3v) is 3.02. The van der Waals surface area contributed by atoms with Gasteiger partial charge in [-0.3, -0.25) is 0 Å². The fraction of sp³-hybridized carbons (Fsp3) is 0.400. The highest BCUT2D eigenvalue weighted by atomic mass is 127. The van der Waals surface area contributed by atoms with Crippen molar-refractivity contribution in [2.24, 2.45) is 0 Å². The summed E-state index contributed by atoms with van der Waals surface area (Å²) in [6.45, 7) is 2.79. The van der Waals surface area contributed by atoms with Gasteiger partial charge in [0.05, 0.1) is 6.10 Å². The van der Waals surface area contributed by atoms with Gasteiger partial charge in [-0.2, -0.15) is 0 Å². The standard InChI is InChI=1S/C10H12BrIO/c1-2-13-10(7-12)8-4-3-5-9(11)6-8/h3-6,10H,2,7H2,1H3. The Kier molecular flexibility index (Phi) is 5.28. The summed E-state index contributed by atoms with van der Waals surface area (Å²) >= 11 is 5.80. The second kappa shape index (κ2) is 5.98. The molecule has 0 fully saturated rings. The van der Waals surface area contributed by atoms with E-state index >= 15 is 0 Å². The lowest BCUT2D eigenvalue weighted by molar-refractivity contribution is 0.0818. The van der Waals surface area contributed by atoms with Crippen molar-refractivity contribution in [3.8, 4) is 0 Å². The lowest BCUT2D eigenvalue weighted by Gasteiger charge is -2.14. The van der Waals surface area contributed by atoms with Crippen LogP contribution in [0.25, 0.3) is 0 Å². The van der Waals surface area contributed by atoms with E-state index in [1.54, 1.807) is 0 Å². The van der Waals surface area contributed by atoms with Gasteiger partial charge in [0.2, 0.25) is 0 Å². The van der Waals surface area contributed by atoms with Gasteiger partial charge in [0.1, 0.15) is 0 Å². The number of benzene rings is 1. The normalized spacial score (nSPS) is 12.8. The molecule has 1 unspecified atom stereocenters. The van der Waals surface area contributed by atoms with Gasteiger partial charge in [0.25, 0.3) is 0 Å². The number of halogens is 2. The zero-order chi connectivity index (χ0) is 9.68. The molecule has 0 radical (unpaired) electrons. The smallest absolute Gasteiger partial charge is 0.0914 e. The van der Waals surface area contributed by atoms with Crippen LogP contribution >= 0.6 is 38.5 Å². The van der Waals surface area contributed by atoms with E-state index in [0.29, 0.717) is 0 Å². The Labute approximate surface area is 101 Å². The van der Waals surface area contributed by atoms with Crippen molar-refractivity contribution < 1.29 is 4.74 Å². The summed E-state index contributed by atoms with van der Waals surface area (Å²) in [7, 11) is 0. The van der Waals surface area contributed by atoms with Crippen molar-refractivity contribution in [3.63, 3.8) is 0 Å². The molecule has 72 valence electrons. The molecule has 0 spiro atoms. The highest BCUT2D eigenvalue weighted by Gasteiger charge is 2.08. The Hall–Kier alpha value is 0.390. The van der Waals surface area contributed by atoms with E-state index in [4.69, 9.17) is 4.74 Å². The second-order valence-electron chi connectivity index (χ2n) is 2.65. The van der Waals surface area contributed by atoms with Crippen LogP contribution in [0.2, 0.25) is 0 Å². The zero-order valence-electron chi connectivity index (χ0n) is 7.47. The summed E-state index contributed by atoms with van der Waals surface area (Å²) in [5.41, 5.74) is 1.24. The van der Waals surface area contributed by atoms with Gasteiger partial charge < -0.3 is 4.74 Å². The molecule has 0 amide bonds. The van der Waals surface area contributed by atoms with Crippen LogP contribution < -0.4 is 0 Å². The first-order chi connectivity index (χ1) is 6.27. The van der Waals surface area contributed by atoms with Gasteiger partial charge in [-0.15, -0.1) is 0 Å². The van der Waals surface area contributed by atoms with Crippen LogP contribution in [0, 0.1) is 0 Å². The third kappa shape index (κ3) is 3.56. The molecule has 1 nitrogen and oxygen atoms in total. The zero-order valence-corrected chi connectivity index (χ0v) is 11.2. The maximum Gasteiger partial charge on any atom is 0.0914 e. The van der Waals surface area contributed by atoms with Gasteiger partial charge in [-0.1, -0.05) is 50.7 Å². The predicted molar refractivity (Wildman–Crippen MR) is 67.4 cm³/mol. The Bertz CT molecular complexity index is 265. The Balaban J connectivity index is 2.78. The van der Waals surface area contributed by atoms with E-state index in [2.05, 4.69) is 50.7 Å². The van der Waals surface area contributed by atoms with E-state index < -0.39 is 0 Å². The molecule has 0 aliphatic carbocycles. The van der Waals surface area contributed by atoms with Crippen LogP contribution in [-0.4, -0.2) is 11.0 Å². The van der Waals surface area contributed by atoms with Crippen LogP contribution in [0.3, 0.4) is 0 Å². The van der Waals surface area contributed by atoms with Gasteiger partial charge in [-0.05, 0) is 24.6 Å². The highest BCUT2D eigenvalue weighted by Crippen LogP contribution is 2.22. The molecule has 3 heteroatoms. The van der Waals surface area contributed by atoms with Crippen molar-refractivity contribution in [1.29, 1.82) is 0 Å². The van der Waals surface area contributed by atoms with E-state index in [0.717, 1.165) is 15.5 Å². The van der Waals surface area contributed by atoms with E-state index in [1.807, 2.05) is 19.1 Å². The third-order valence-electron chi connectivity index (χ3n) is 1.73. The fourth-order valence-electron chi connectivity index (χ4n) is 1.14. The number of hydrogen-bond acceptors (Lipinski definition) is 1. The minimum absolute atomic E-state index is 0.225. The quantitative estimate of drug-likeness (QED) is 0.587. The number of ether oxygens (including phenoxy) is 1. The van der Waals surface area contributed by atoms with Crippen molar-refractivity contribution >= 4 is 38.5 Å². The minimum Gasteiger partial charge on any atom is -0.373 e. The van der Waals surface area contributed by atoms with Gasteiger partial charge in [0, 0.05) is 15.5 Å². The number of rotatable bonds is 4. The molecule has 0 heterocycles. The summed E-state index contributed by atoms with van der Waals surface area (Å²) in [4.78, 5) is 0. The molecule has 1 aromatic rings. The molecule has 0 aliphatic rings. The highest BCUT2D eigenvalue weighted by molar-refractivity contribution is 14.1. The summed E-state index contributed by atoms with van der Waals surface area (Å²) in [6.07, 6.45) is 0.225. The van der Waals surface area contributed by atoms with Crippen LogP contribution in [0.1, 0.15) is 18.6 Å². The van der Waals surface area contributed by atoms with Gasteiger partial charge in [-0.25, -0.2) is 0 Å². The average molecular weight is 355 g/mol. The monoisotopic (exact) mass is 354 g/mol. The van der Waals surface area contributed by atoms with Crippen LogP contribution in [0.5, 0.6) is 0 Å². The molecule has 0 N–H and O–H groups in total. The SMILES string of the molecule is CCOC(CI)c1cccc(Br)c1. The summed E-state index contributed by atoms with van der Waals surface area (Å²) in [6, 6.07) is 8.28. The summed E-state index contributed by atoms with van der Waals surface area (Å²) < 4.78 is 7.70. The Morgan fingerprint density at radius 2 is 2.31 bits per heavy atom. The summed E-state index contributed by atoms with van der Waals surface area (Å²) in [5, 5.41) is 0. The lowest BCUT2D eigenvalue weighted by Crippen LogP contribution is -2.05. The molecule has 0 aliphatic heterocycles. The lowest BCUT2D eigenvalue weighted by atomic mass is 10.1. The van der Waals surface area contributed by atoms with Crippen LogP contribution in [0.15, 0.2) is 28.7 Å². The van der Waals surface area contributed by atoms with E-state index in [9.17, 15) is 0 Å². The first-order valence-electron chi connectivity index (χ1n) is 4.21. The molecular weight excluding hydrogens is 343 g/mol. The molecule has 0 bridgehead atoms. The Morgan fingerprint density at radius 3 is 2.85 bits per heavy atom. The van der Waals surface area contributed by atoms with Gasteiger partial charge >= 0.3 is 0 Å². The Morgan fingerprint density at radius 1 is 1.54 bits per heavy atom. The molecule has 0 aromatic heterocycles. The number of hydrogen-bond donors (Lipinski definition) is 0. The first-order valence-corrected chi connectivity index (χ1v) is 6.52. The maximum atomic E-state index is 5.60. The summed E-state index contributed by atoms with van der Waals surface area (Å²) in [5.74, 6) is 0. The topological polar surface area (TPSA) is 9.23 Å². The first kappa shape index (κ1) is 11.5. The van der Waals surface area contributed by atoms with Gasteiger partial charge in [0.15, 0.2) is 0 Å². The minimum atomic E-state index is 0.225. The van der Waals surface area contributed by atoms with Crippen molar-refractivity contribution in [2.75, 3.05) is 11.0 Å². The molecule has 13 heavy (non-hydrogen) atoms. The molecule has 1 atom stereocenters. The van der Waals surface area contributed by atoms with Crippen molar-refractivity contribution in [1.82, 2.24) is 0 Å².